The minimum atomic E-state index is -3.84. The highest BCUT2D eigenvalue weighted by molar-refractivity contribution is 9.10. The van der Waals surface area contributed by atoms with Crippen LogP contribution >= 0.6 is 15.9 Å². The Morgan fingerprint density at radius 1 is 1.24 bits per heavy atom. The van der Waals surface area contributed by atoms with Crippen LogP contribution in [0.2, 0.25) is 0 Å². The molecule has 2 aromatic carbocycles. The highest BCUT2D eigenvalue weighted by Gasteiger charge is 2.14. The van der Waals surface area contributed by atoms with Gasteiger partial charge in [0, 0.05) is 10.0 Å². The van der Waals surface area contributed by atoms with E-state index in [1.165, 1.54) is 25.3 Å². The molecule has 0 radical (unpaired) electrons. The summed E-state index contributed by atoms with van der Waals surface area (Å²) in [6, 6.07) is 12.0. The van der Waals surface area contributed by atoms with Crippen molar-refractivity contribution >= 4 is 37.7 Å². The number of rotatable bonds is 5. The molecule has 130 valence electrons. The zero-order valence-corrected chi connectivity index (χ0v) is 15.5. The van der Waals surface area contributed by atoms with Gasteiger partial charge in [0.1, 0.15) is 5.75 Å². The molecule has 0 saturated heterocycles. The monoisotopic (exact) mass is 423 g/mol. The van der Waals surface area contributed by atoms with Gasteiger partial charge in [0.05, 0.1) is 23.9 Å². The Hall–Kier alpha value is -2.36. The number of ether oxygens (including phenoxy) is 1. The van der Waals surface area contributed by atoms with E-state index in [1.54, 1.807) is 6.20 Å². The lowest BCUT2D eigenvalue weighted by Gasteiger charge is -2.10. The molecule has 0 bridgehead atoms. The molecule has 3 rings (SSSR count). The summed E-state index contributed by atoms with van der Waals surface area (Å²) in [7, 11) is -2.37. The van der Waals surface area contributed by atoms with Gasteiger partial charge in [0.25, 0.3) is 6.01 Å². The number of benzene rings is 2. The van der Waals surface area contributed by atoms with Gasteiger partial charge >= 0.3 is 0 Å². The van der Waals surface area contributed by atoms with Crippen molar-refractivity contribution in [2.45, 2.75) is 4.90 Å². The summed E-state index contributed by atoms with van der Waals surface area (Å²) in [5.41, 5.74) is 1.22. The molecule has 25 heavy (non-hydrogen) atoms. The van der Waals surface area contributed by atoms with Gasteiger partial charge in [-0.1, -0.05) is 28.1 Å². The van der Waals surface area contributed by atoms with Crippen LogP contribution in [-0.4, -0.2) is 20.5 Å². The summed E-state index contributed by atoms with van der Waals surface area (Å²) < 4.78 is 34.9. The van der Waals surface area contributed by atoms with Crippen LogP contribution in [0.1, 0.15) is 0 Å². The lowest BCUT2D eigenvalue weighted by Crippen LogP contribution is -2.12. The third-order valence-corrected chi connectivity index (χ3v) is 4.76. The van der Waals surface area contributed by atoms with Crippen molar-refractivity contribution in [3.8, 4) is 17.1 Å². The number of oxazole rings is 1. The molecule has 1 heterocycles. The van der Waals surface area contributed by atoms with Crippen LogP contribution in [-0.2, 0) is 10.0 Å². The maximum atomic E-state index is 11.5. The van der Waals surface area contributed by atoms with Crippen LogP contribution in [0.25, 0.3) is 11.3 Å². The lowest BCUT2D eigenvalue weighted by molar-refractivity contribution is 0.416. The number of primary sulfonamides is 1. The number of methoxy groups -OCH3 is 1. The fourth-order valence-corrected chi connectivity index (χ4v) is 3.12. The summed E-state index contributed by atoms with van der Waals surface area (Å²) in [5, 5.41) is 8.07. The Labute approximate surface area is 153 Å². The van der Waals surface area contributed by atoms with E-state index in [1.807, 2.05) is 24.3 Å². The highest BCUT2D eigenvalue weighted by atomic mass is 79.9. The van der Waals surface area contributed by atoms with Crippen molar-refractivity contribution in [3.63, 3.8) is 0 Å². The Bertz CT molecular complexity index is 1020. The molecule has 7 nitrogen and oxygen atoms in total. The van der Waals surface area contributed by atoms with Crippen molar-refractivity contribution < 1.29 is 17.6 Å². The molecule has 0 unspecified atom stereocenters. The predicted molar refractivity (Wildman–Crippen MR) is 97.3 cm³/mol. The van der Waals surface area contributed by atoms with Gasteiger partial charge in [-0.3, -0.25) is 0 Å². The first-order chi connectivity index (χ1) is 11.9. The molecule has 0 spiro atoms. The fourth-order valence-electron chi connectivity index (χ4n) is 2.18. The number of nitrogens with two attached hydrogens (primary N) is 1. The summed E-state index contributed by atoms with van der Waals surface area (Å²) in [6.45, 7) is 0. The summed E-state index contributed by atoms with van der Waals surface area (Å²) in [6.07, 6.45) is 1.57. The Kier molecular flexibility index (Phi) is 4.80. The maximum Gasteiger partial charge on any atom is 0.299 e. The second kappa shape index (κ2) is 6.87. The third-order valence-electron chi connectivity index (χ3n) is 3.36. The standard InChI is InChI=1S/C16H14BrN3O4S/c1-23-14-6-5-12(25(18,21)22)8-13(14)20-16-19-9-15(24-16)10-3-2-4-11(17)7-10/h2-9H,1H3,(H,19,20)(H2,18,21,22). The molecule has 0 fully saturated rings. The largest absolute Gasteiger partial charge is 0.495 e. The minimum Gasteiger partial charge on any atom is -0.495 e. The van der Waals surface area contributed by atoms with E-state index in [0.29, 0.717) is 17.2 Å². The number of hydrogen-bond donors (Lipinski definition) is 2. The smallest absolute Gasteiger partial charge is 0.299 e. The number of halogens is 1. The molecule has 9 heteroatoms. The first kappa shape index (κ1) is 17.5. The van der Waals surface area contributed by atoms with E-state index >= 15 is 0 Å². The van der Waals surface area contributed by atoms with Crippen LogP contribution in [0.3, 0.4) is 0 Å². The normalized spacial score (nSPS) is 11.3. The van der Waals surface area contributed by atoms with Gasteiger partial charge in [0.2, 0.25) is 10.0 Å². The zero-order chi connectivity index (χ0) is 18.0. The number of nitrogens with zero attached hydrogens (tertiary/aromatic N) is 1. The molecule has 0 aliphatic heterocycles. The van der Waals surface area contributed by atoms with E-state index in [-0.39, 0.29) is 10.9 Å². The number of sulfonamides is 1. The van der Waals surface area contributed by atoms with E-state index in [4.69, 9.17) is 14.3 Å². The van der Waals surface area contributed by atoms with E-state index in [2.05, 4.69) is 26.2 Å². The van der Waals surface area contributed by atoms with Gasteiger partial charge in [-0.15, -0.1) is 0 Å². The quantitative estimate of drug-likeness (QED) is 0.649. The molecular weight excluding hydrogens is 410 g/mol. The molecule has 0 amide bonds. The van der Waals surface area contributed by atoms with Crippen LogP contribution in [0.5, 0.6) is 5.75 Å². The van der Waals surface area contributed by atoms with E-state index < -0.39 is 10.0 Å². The second-order valence-corrected chi connectivity index (χ2v) is 7.55. The molecule has 0 saturated carbocycles. The first-order valence-corrected chi connectivity index (χ1v) is 9.40. The van der Waals surface area contributed by atoms with Gasteiger partial charge in [-0.25, -0.2) is 18.5 Å². The van der Waals surface area contributed by atoms with Crippen LogP contribution in [0.15, 0.2) is 62.4 Å². The molecule has 3 N–H and O–H groups in total. The van der Waals surface area contributed by atoms with E-state index in [0.717, 1.165) is 10.0 Å². The molecule has 1 aromatic heterocycles. The summed E-state index contributed by atoms with van der Waals surface area (Å²) in [4.78, 5) is 4.11. The maximum absolute atomic E-state index is 11.5. The average Bonchev–Trinajstić information content (AvgIpc) is 3.02. The Morgan fingerprint density at radius 2 is 2.04 bits per heavy atom. The SMILES string of the molecule is COc1ccc(S(N)(=O)=O)cc1Nc1ncc(-c2cccc(Br)c2)o1. The number of aromatic nitrogens is 1. The number of hydrogen-bond acceptors (Lipinski definition) is 6. The highest BCUT2D eigenvalue weighted by Crippen LogP contribution is 2.31. The summed E-state index contributed by atoms with van der Waals surface area (Å²) >= 11 is 3.40. The summed E-state index contributed by atoms with van der Waals surface area (Å²) in [5.74, 6) is 0.986. The average molecular weight is 424 g/mol. The predicted octanol–water partition coefficient (Wildman–Crippen LogP) is 3.50. The van der Waals surface area contributed by atoms with Crippen LogP contribution < -0.4 is 15.2 Å². The molecule has 0 aliphatic rings. The lowest BCUT2D eigenvalue weighted by atomic mass is 10.2. The Balaban J connectivity index is 1.93. The molecule has 0 aliphatic carbocycles. The molecule has 0 atom stereocenters. The second-order valence-electron chi connectivity index (χ2n) is 5.07. The number of anilines is 2. The van der Waals surface area contributed by atoms with Crippen LogP contribution in [0.4, 0.5) is 11.7 Å². The van der Waals surface area contributed by atoms with Gasteiger partial charge in [0.15, 0.2) is 5.76 Å². The minimum absolute atomic E-state index is 0.0467. The van der Waals surface area contributed by atoms with Crippen molar-refractivity contribution in [3.05, 3.63) is 53.1 Å². The Morgan fingerprint density at radius 3 is 2.72 bits per heavy atom. The number of nitrogens with one attached hydrogen (secondary N) is 1. The third kappa shape index (κ3) is 4.01. The van der Waals surface area contributed by atoms with Gasteiger partial charge in [-0.05, 0) is 30.3 Å². The van der Waals surface area contributed by atoms with Crippen LogP contribution in [0, 0.1) is 0 Å². The van der Waals surface area contributed by atoms with Crippen molar-refractivity contribution in [2.24, 2.45) is 5.14 Å². The van der Waals surface area contributed by atoms with E-state index in [9.17, 15) is 8.42 Å². The first-order valence-electron chi connectivity index (χ1n) is 7.06. The van der Waals surface area contributed by atoms with Gasteiger partial charge in [-0.2, -0.15) is 0 Å². The van der Waals surface area contributed by atoms with Crippen molar-refractivity contribution in [1.82, 2.24) is 4.98 Å². The van der Waals surface area contributed by atoms with Gasteiger partial charge < -0.3 is 14.5 Å². The van der Waals surface area contributed by atoms with Crippen molar-refractivity contribution in [2.75, 3.05) is 12.4 Å². The molecular formula is C16H14BrN3O4S. The van der Waals surface area contributed by atoms with Crippen molar-refractivity contribution in [1.29, 1.82) is 0 Å². The topological polar surface area (TPSA) is 107 Å². The fraction of sp³-hybridized carbons (Fsp3) is 0.0625. The molecule has 3 aromatic rings. The zero-order valence-electron chi connectivity index (χ0n) is 13.1.